The number of piperazine rings is 1. The van der Waals surface area contributed by atoms with Crippen LogP contribution in [0.15, 0.2) is 77.8 Å². The second kappa shape index (κ2) is 27.1. The number of aromatic nitrogens is 4. The summed E-state index contributed by atoms with van der Waals surface area (Å²) >= 11 is 6.64. The molecule has 5 aromatic rings. The molecule has 6 heterocycles. The maximum atomic E-state index is 14.4. The number of para-hydroxylation sites is 1. The second-order valence-electron chi connectivity index (χ2n) is 18.9. The lowest BCUT2D eigenvalue weighted by Gasteiger charge is -2.34. The number of hydrogen-bond acceptors (Lipinski definition) is 23. The molecule has 0 aliphatic carbocycles. The summed E-state index contributed by atoms with van der Waals surface area (Å²) in [6.07, 6.45) is -1.21. The third kappa shape index (κ3) is 15.0. The van der Waals surface area contributed by atoms with Crippen molar-refractivity contribution in [1.29, 1.82) is 0 Å². The van der Waals surface area contributed by atoms with Gasteiger partial charge < -0.3 is 58.7 Å². The van der Waals surface area contributed by atoms with Crippen LogP contribution in [0.2, 0.25) is 5.02 Å². The Morgan fingerprint density at radius 1 is 0.793 bits per heavy atom. The number of benzene rings is 3. The molecule has 438 valence electrons. The van der Waals surface area contributed by atoms with E-state index in [1.54, 1.807) is 36.4 Å². The Bertz CT molecular complexity index is 3240. The Hall–Kier alpha value is -7.44. The monoisotopic (exact) mass is 1180 g/mol. The van der Waals surface area contributed by atoms with Crippen molar-refractivity contribution in [1.82, 2.24) is 35.1 Å². The molecular formula is C53H60ClF2N11O14S. The topological polar surface area (TPSA) is 286 Å². The zero-order valence-electron chi connectivity index (χ0n) is 44.7. The molecule has 0 radical (unpaired) electrons. The van der Waals surface area contributed by atoms with E-state index in [4.69, 9.17) is 49.5 Å². The van der Waals surface area contributed by atoms with E-state index in [-0.39, 0.29) is 74.3 Å². The van der Waals surface area contributed by atoms with Gasteiger partial charge in [-0.2, -0.15) is 15.0 Å². The molecule has 4 N–H and O–H groups in total. The number of hydrogen-bond donors (Lipinski definition) is 4. The smallest absolute Gasteiger partial charge is 0.467 e. The number of halogens is 3. The van der Waals surface area contributed by atoms with Crippen molar-refractivity contribution in [2.75, 3.05) is 140 Å². The van der Waals surface area contributed by atoms with Gasteiger partial charge >= 0.3 is 12.3 Å². The number of ether oxygens (including phenoxy) is 8. The standard InChI is InChI=1S/C53H60ClF2N11O14S/c1-74-52-63-50(60-40-32-34(82(2,72)73)9-11-39(40)59-44(45-38(54)6-4-14-58-45)36-5-3-7-42-46(36)81-53(55,56)80-42)62-51(64-52)66-18-16-65(17-19-66)20-22-76-24-26-78-28-30-79-29-27-77-25-23-75-21-15-57-33-8-10-35-37(31-33)49(71)67(48(35)70)41-12-13-43(68)61-47(41)69/h3-11,14,31-32,41,44,57,59H,12-13,15-30H2,1-2H3,(H,61,68,69)(H,60,62,63,64)/t41?,44-/m0/s1. The number of nitrogens with zero attached hydrogens (tertiary/aromatic N) is 7. The predicted octanol–water partition coefficient (Wildman–Crippen LogP) is 4.32. The van der Waals surface area contributed by atoms with Crippen molar-refractivity contribution in [3.05, 3.63) is 100 Å². The largest absolute Gasteiger partial charge is 0.586 e. The highest BCUT2D eigenvalue weighted by atomic mass is 35.5. The minimum Gasteiger partial charge on any atom is -0.467 e. The number of nitrogens with one attached hydrogen (secondary N) is 4. The summed E-state index contributed by atoms with van der Waals surface area (Å²) in [4.78, 5) is 73.0. The SMILES string of the molecule is COc1nc(Nc2cc(S(C)(=O)=O)ccc2N[C@@H](c2cccc3c2OC(F)(F)O3)c2ncccc2Cl)nc(N2CCN(CCOCCOCCOCCOCCOCCNc3ccc4c(c3)C(=O)N(C3CCC(=O)NC3=O)C4=O)CC2)n1. The van der Waals surface area contributed by atoms with Gasteiger partial charge in [-0.25, -0.2) is 8.42 Å². The molecule has 4 amide bonds. The van der Waals surface area contributed by atoms with E-state index in [2.05, 4.69) is 46.1 Å². The highest BCUT2D eigenvalue weighted by Crippen LogP contribution is 2.48. The Morgan fingerprint density at radius 2 is 1.49 bits per heavy atom. The van der Waals surface area contributed by atoms with E-state index in [9.17, 15) is 36.4 Å². The fourth-order valence-corrected chi connectivity index (χ4v) is 10.1. The first kappa shape index (κ1) is 59.2. The van der Waals surface area contributed by atoms with Gasteiger partial charge in [-0.3, -0.25) is 39.3 Å². The average Bonchev–Trinajstić information content (AvgIpc) is 4.06. The lowest BCUT2D eigenvalue weighted by Crippen LogP contribution is -2.54. The molecule has 4 aliphatic heterocycles. The van der Waals surface area contributed by atoms with Gasteiger partial charge in [-0.1, -0.05) is 23.7 Å². The molecule has 1 unspecified atom stereocenters. The Labute approximate surface area is 475 Å². The third-order valence-corrected chi connectivity index (χ3v) is 14.7. The van der Waals surface area contributed by atoms with E-state index in [1.165, 1.54) is 43.6 Å². The predicted molar refractivity (Wildman–Crippen MR) is 291 cm³/mol. The number of alkyl halides is 2. The van der Waals surface area contributed by atoms with Crippen molar-refractivity contribution >= 4 is 74.0 Å². The maximum Gasteiger partial charge on any atom is 0.586 e. The van der Waals surface area contributed by atoms with Gasteiger partial charge in [0.05, 0.1) is 117 Å². The van der Waals surface area contributed by atoms with Gasteiger partial charge in [0.15, 0.2) is 21.3 Å². The number of carbonyl (C=O) groups is 4. The molecule has 25 nitrogen and oxygen atoms in total. The van der Waals surface area contributed by atoms with Crippen LogP contribution in [-0.4, -0.2) is 193 Å². The zero-order chi connectivity index (χ0) is 57.8. The van der Waals surface area contributed by atoms with Crippen molar-refractivity contribution in [2.45, 2.75) is 36.1 Å². The first-order chi connectivity index (χ1) is 39.5. The minimum atomic E-state index is -3.92. The van der Waals surface area contributed by atoms with E-state index in [0.29, 0.717) is 123 Å². The number of imide groups is 2. The number of sulfone groups is 1. The van der Waals surface area contributed by atoms with Crippen LogP contribution in [0, 0.1) is 0 Å². The van der Waals surface area contributed by atoms with Gasteiger partial charge in [-0.15, -0.1) is 8.78 Å². The molecule has 82 heavy (non-hydrogen) atoms. The quantitative estimate of drug-likeness (QED) is 0.0383. The molecule has 3 aromatic carbocycles. The highest BCUT2D eigenvalue weighted by molar-refractivity contribution is 7.90. The normalized spacial score (nSPS) is 17.2. The first-order valence-electron chi connectivity index (χ1n) is 26.2. The van der Waals surface area contributed by atoms with Gasteiger partial charge in [-0.05, 0) is 61.0 Å². The molecule has 2 atom stereocenters. The highest BCUT2D eigenvalue weighted by Gasteiger charge is 2.46. The Kier molecular flexibility index (Phi) is 19.6. The van der Waals surface area contributed by atoms with E-state index >= 15 is 0 Å². The van der Waals surface area contributed by atoms with Crippen molar-refractivity contribution in [2.24, 2.45) is 0 Å². The molecule has 0 bridgehead atoms. The summed E-state index contributed by atoms with van der Waals surface area (Å²) in [6.45, 7) is 7.59. The lowest BCUT2D eigenvalue weighted by atomic mass is 10.0. The van der Waals surface area contributed by atoms with Gasteiger partial charge in [0.1, 0.15) is 6.04 Å². The molecular weight excluding hydrogens is 1120 g/mol. The van der Waals surface area contributed by atoms with Crippen LogP contribution in [0.3, 0.4) is 0 Å². The van der Waals surface area contributed by atoms with Crippen LogP contribution in [0.25, 0.3) is 0 Å². The number of carbonyl (C=O) groups excluding carboxylic acids is 4. The number of methoxy groups -OCH3 is 1. The number of fused-ring (bicyclic) bond motifs is 2. The summed E-state index contributed by atoms with van der Waals surface area (Å²) in [5, 5.41) is 12.0. The van der Waals surface area contributed by atoms with Crippen LogP contribution < -0.4 is 40.4 Å². The third-order valence-electron chi connectivity index (χ3n) is 13.3. The van der Waals surface area contributed by atoms with Crippen molar-refractivity contribution < 1.29 is 74.3 Å². The first-order valence-corrected chi connectivity index (χ1v) is 28.4. The summed E-state index contributed by atoms with van der Waals surface area (Å²) < 4.78 is 97.9. The molecule has 2 aromatic heterocycles. The zero-order valence-corrected chi connectivity index (χ0v) is 46.3. The number of anilines is 5. The second-order valence-corrected chi connectivity index (χ2v) is 21.3. The molecule has 9 rings (SSSR count). The molecule has 2 fully saturated rings. The molecule has 0 saturated carbocycles. The molecule has 4 aliphatic rings. The van der Waals surface area contributed by atoms with Gasteiger partial charge in [0, 0.05) is 69.4 Å². The summed E-state index contributed by atoms with van der Waals surface area (Å²) in [6, 6.07) is 14.7. The van der Waals surface area contributed by atoms with Crippen LogP contribution >= 0.6 is 11.6 Å². The Balaban J connectivity index is 0.646. The van der Waals surface area contributed by atoms with E-state index in [1.807, 2.05) is 4.90 Å². The fourth-order valence-electron chi connectivity index (χ4n) is 9.21. The number of rotatable bonds is 29. The molecule has 2 saturated heterocycles. The van der Waals surface area contributed by atoms with Crippen LogP contribution in [0.5, 0.6) is 17.5 Å². The minimum absolute atomic E-state index is 0.000490. The van der Waals surface area contributed by atoms with Gasteiger partial charge in [0.2, 0.25) is 23.7 Å². The average molecular weight is 1180 g/mol. The van der Waals surface area contributed by atoms with Crippen LogP contribution in [0.4, 0.5) is 37.7 Å². The van der Waals surface area contributed by atoms with Crippen molar-refractivity contribution in [3.8, 4) is 17.5 Å². The Morgan fingerprint density at radius 3 is 2.17 bits per heavy atom. The summed E-state index contributed by atoms with van der Waals surface area (Å²) in [5.74, 6) is -2.29. The number of piperidine rings is 1. The molecule has 29 heteroatoms. The van der Waals surface area contributed by atoms with Crippen molar-refractivity contribution in [3.63, 3.8) is 0 Å². The maximum absolute atomic E-state index is 14.4. The lowest BCUT2D eigenvalue weighted by molar-refractivity contribution is -0.287. The number of amides is 4. The van der Waals surface area contributed by atoms with E-state index in [0.717, 1.165) is 11.2 Å². The summed E-state index contributed by atoms with van der Waals surface area (Å²) in [5.41, 5.74) is 1.99. The van der Waals surface area contributed by atoms with Crippen LogP contribution in [0.1, 0.15) is 50.9 Å². The summed E-state index contributed by atoms with van der Waals surface area (Å²) in [7, 11) is -2.31. The number of pyridine rings is 1. The molecule has 0 spiro atoms. The van der Waals surface area contributed by atoms with Crippen LogP contribution in [-0.2, 0) is 43.1 Å². The van der Waals surface area contributed by atoms with Gasteiger partial charge in [0.25, 0.3) is 11.8 Å². The fraction of sp³-hybridized carbons (Fsp3) is 0.434. The van der Waals surface area contributed by atoms with E-state index < -0.39 is 51.8 Å².